The number of ether oxygens (including phenoxy) is 1. The first-order chi connectivity index (χ1) is 14.2. The highest BCUT2D eigenvalue weighted by atomic mass is 16.6. The normalized spacial score (nSPS) is 23.2. The smallest absolute Gasteiger partial charge is 0.407 e. The summed E-state index contributed by atoms with van der Waals surface area (Å²) >= 11 is 0. The summed E-state index contributed by atoms with van der Waals surface area (Å²) in [5, 5.41) is 11.3. The topological polar surface area (TPSA) is 80.5 Å². The minimum Gasteiger partial charge on any atom is -0.444 e. The van der Waals surface area contributed by atoms with Gasteiger partial charge < -0.3 is 15.4 Å². The zero-order chi connectivity index (χ0) is 21.5. The van der Waals surface area contributed by atoms with Gasteiger partial charge in [-0.25, -0.2) is 9.78 Å². The molecular weight excluding hydrogens is 378 g/mol. The minimum atomic E-state index is -0.478. The average molecular weight is 414 g/mol. The second kappa shape index (κ2) is 8.08. The van der Waals surface area contributed by atoms with Gasteiger partial charge in [-0.15, -0.1) is 0 Å². The lowest BCUT2D eigenvalue weighted by Crippen LogP contribution is -2.38. The number of hydrogen-bond donors (Lipinski definition) is 2. The number of carbonyl (C=O) groups is 1. The largest absolute Gasteiger partial charge is 0.444 e. The molecule has 0 radical (unpaired) electrons. The molecule has 2 aliphatic carbocycles. The third-order valence-corrected chi connectivity index (χ3v) is 6.50. The predicted octanol–water partition coefficient (Wildman–Crippen LogP) is 4.80. The predicted molar refractivity (Wildman–Crippen MR) is 118 cm³/mol. The fraction of sp³-hybridized carbons (Fsp3) is 0.696. The molecule has 0 aliphatic heterocycles. The molecule has 2 aliphatic rings. The van der Waals surface area contributed by atoms with Gasteiger partial charge in [0.05, 0.1) is 6.20 Å². The number of hydrogen-bond acceptors (Lipinski definition) is 5. The molecule has 3 atom stereocenters. The van der Waals surface area contributed by atoms with Crippen molar-refractivity contribution in [3.05, 3.63) is 23.5 Å². The van der Waals surface area contributed by atoms with Crippen molar-refractivity contribution in [2.75, 3.05) is 5.32 Å². The molecule has 7 heteroatoms. The summed E-state index contributed by atoms with van der Waals surface area (Å²) in [7, 11) is 0. The summed E-state index contributed by atoms with van der Waals surface area (Å²) in [5.41, 5.74) is 2.70. The summed E-state index contributed by atoms with van der Waals surface area (Å²) in [4.78, 5) is 17.0. The Labute approximate surface area is 179 Å². The molecule has 1 amide bonds. The molecule has 2 N–H and O–H groups in total. The Morgan fingerprint density at radius 3 is 2.63 bits per heavy atom. The fourth-order valence-electron chi connectivity index (χ4n) is 4.54. The van der Waals surface area contributed by atoms with E-state index in [0.29, 0.717) is 5.92 Å². The van der Waals surface area contributed by atoms with E-state index >= 15 is 0 Å². The van der Waals surface area contributed by atoms with Crippen molar-refractivity contribution < 1.29 is 9.53 Å². The van der Waals surface area contributed by atoms with Crippen LogP contribution in [0.5, 0.6) is 0 Å². The summed E-state index contributed by atoms with van der Waals surface area (Å²) in [6.07, 6.45) is 8.29. The Morgan fingerprint density at radius 1 is 1.23 bits per heavy atom. The van der Waals surface area contributed by atoms with Crippen LogP contribution in [-0.4, -0.2) is 38.4 Å². The molecule has 0 saturated heterocycles. The van der Waals surface area contributed by atoms with Crippen LogP contribution < -0.4 is 10.6 Å². The maximum absolute atomic E-state index is 12.1. The molecule has 2 aromatic heterocycles. The van der Waals surface area contributed by atoms with E-state index in [2.05, 4.69) is 35.6 Å². The molecule has 2 heterocycles. The van der Waals surface area contributed by atoms with Crippen LogP contribution in [0.2, 0.25) is 0 Å². The number of aryl methyl sites for hydroxylation is 1. The highest BCUT2D eigenvalue weighted by Crippen LogP contribution is 2.39. The Bertz CT molecular complexity index is 912. The summed E-state index contributed by atoms with van der Waals surface area (Å²) in [5.74, 6) is 2.20. The van der Waals surface area contributed by atoms with Crippen molar-refractivity contribution in [3.8, 4) is 0 Å². The lowest BCUT2D eigenvalue weighted by Gasteiger charge is -2.31. The van der Waals surface area contributed by atoms with Crippen LogP contribution in [0.3, 0.4) is 0 Å². The van der Waals surface area contributed by atoms with Crippen LogP contribution in [0.1, 0.15) is 83.4 Å². The molecule has 2 fully saturated rings. The van der Waals surface area contributed by atoms with Crippen molar-refractivity contribution >= 4 is 17.6 Å². The number of fused-ring (bicyclic) bond motifs is 1. The van der Waals surface area contributed by atoms with Gasteiger partial charge in [-0.05, 0) is 65.7 Å². The molecular formula is C23H35N5O2. The SMILES string of the molecule is Cc1cnn2c(N[C@H]3CC[C@H](NC(=O)OC(C)(C)C)C3)cc([C@H](C)C3CCC3)nc12. The maximum atomic E-state index is 12.1. The zero-order valence-electron chi connectivity index (χ0n) is 18.9. The van der Waals surface area contributed by atoms with Crippen LogP contribution in [0, 0.1) is 12.8 Å². The molecule has 7 nitrogen and oxygen atoms in total. The van der Waals surface area contributed by atoms with Gasteiger partial charge in [0.15, 0.2) is 5.65 Å². The second-order valence-corrected chi connectivity index (χ2v) is 10.1. The van der Waals surface area contributed by atoms with Crippen molar-refractivity contribution in [3.63, 3.8) is 0 Å². The minimum absolute atomic E-state index is 0.127. The van der Waals surface area contributed by atoms with Crippen LogP contribution in [0.15, 0.2) is 12.3 Å². The van der Waals surface area contributed by atoms with E-state index in [4.69, 9.17) is 9.72 Å². The standard InChI is InChI=1S/C23H35N5O2/c1-14-13-24-28-20(12-19(27-21(14)28)15(2)16-7-6-8-16)25-17-9-10-18(11-17)26-22(29)30-23(3,4)5/h12-13,15-18,25H,6-11H2,1-5H3,(H,26,29)/t15-,17+,18+/m1/s1. The van der Waals surface area contributed by atoms with Crippen LogP contribution in [-0.2, 0) is 4.74 Å². The van der Waals surface area contributed by atoms with Crippen LogP contribution in [0.4, 0.5) is 10.6 Å². The van der Waals surface area contributed by atoms with E-state index in [0.717, 1.165) is 47.9 Å². The quantitative estimate of drug-likeness (QED) is 0.736. The van der Waals surface area contributed by atoms with Gasteiger partial charge in [-0.1, -0.05) is 13.3 Å². The second-order valence-electron chi connectivity index (χ2n) is 10.1. The Hall–Kier alpha value is -2.31. The molecule has 0 spiro atoms. The Kier molecular flexibility index (Phi) is 5.64. The first-order valence-corrected chi connectivity index (χ1v) is 11.3. The van der Waals surface area contributed by atoms with Gasteiger partial charge in [0.1, 0.15) is 11.4 Å². The van der Waals surface area contributed by atoms with Crippen molar-refractivity contribution in [2.24, 2.45) is 5.92 Å². The first kappa shape index (κ1) is 20.9. The summed E-state index contributed by atoms with van der Waals surface area (Å²) in [6, 6.07) is 2.59. The molecule has 0 bridgehead atoms. The lowest BCUT2D eigenvalue weighted by molar-refractivity contribution is 0.0505. The van der Waals surface area contributed by atoms with Gasteiger partial charge in [0.25, 0.3) is 0 Å². The number of nitrogens with zero attached hydrogens (tertiary/aromatic N) is 3. The highest BCUT2D eigenvalue weighted by Gasteiger charge is 2.30. The third-order valence-electron chi connectivity index (χ3n) is 6.50. The number of aromatic nitrogens is 3. The van der Waals surface area contributed by atoms with Gasteiger partial charge in [0.2, 0.25) is 0 Å². The van der Waals surface area contributed by atoms with Crippen LogP contribution >= 0.6 is 0 Å². The number of anilines is 1. The highest BCUT2D eigenvalue weighted by molar-refractivity contribution is 5.68. The third kappa shape index (κ3) is 4.55. The lowest BCUT2D eigenvalue weighted by atomic mass is 9.75. The fourth-order valence-corrected chi connectivity index (χ4v) is 4.54. The van der Waals surface area contributed by atoms with E-state index in [-0.39, 0.29) is 18.2 Å². The number of rotatable bonds is 5. The first-order valence-electron chi connectivity index (χ1n) is 11.3. The maximum Gasteiger partial charge on any atom is 0.407 e. The van der Waals surface area contributed by atoms with E-state index in [1.54, 1.807) is 0 Å². The van der Waals surface area contributed by atoms with Gasteiger partial charge in [-0.3, -0.25) is 0 Å². The van der Waals surface area contributed by atoms with E-state index in [9.17, 15) is 4.79 Å². The Morgan fingerprint density at radius 2 is 1.97 bits per heavy atom. The summed E-state index contributed by atoms with van der Waals surface area (Å²) < 4.78 is 7.32. The van der Waals surface area contributed by atoms with Crippen molar-refractivity contribution in [1.29, 1.82) is 0 Å². The van der Waals surface area contributed by atoms with E-state index in [1.165, 1.54) is 19.3 Å². The van der Waals surface area contributed by atoms with Gasteiger partial charge in [0, 0.05) is 35.3 Å². The van der Waals surface area contributed by atoms with Crippen LogP contribution in [0.25, 0.3) is 5.65 Å². The Balaban J connectivity index is 1.46. The van der Waals surface area contributed by atoms with E-state index in [1.807, 2.05) is 31.5 Å². The molecule has 2 saturated carbocycles. The molecule has 30 heavy (non-hydrogen) atoms. The monoisotopic (exact) mass is 413 g/mol. The number of nitrogens with one attached hydrogen (secondary N) is 2. The number of alkyl carbamates (subject to hydrolysis) is 1. The average Bonchev–Trinajstić information content (AvgIpc) is 3.18. The number of carbonyl (C=O) groups excluding carboxylic acids is 1. The van der Waals surface area contributed by atoms with Gasteiger partial charge >= 0.3 is 6.09 Å². The molecule has 0 unspecified atom stereocenters. The zero-order valence-corrected chi connectivity index (χ0v) is 18.9. The number of amides is 1. The molecule has 0 aromatic carbocycles. The van der Waals surface area contributed by atoms with Crippen molar-refractivity contribution in [2.45, 2.75) is 96.7 Å². The summed E-state index contributed by atoms with van der Waals surface area (Å²) in [6.45, 7) is 10.0. The van der Waals surface area contributed by atoms with E-state index < -0.39 is 5.60 Å². The molecule has 4 rings (SSSR count). The van der Waals surface area contributed by atoms with Crippen molar-refractivity contribution in [1.82, 2.24) is 19.9 Å². The molecule has 164 valence electrons. The van der Waals surface area contributed by atoms with Gasteiger partial charge in [-0.2, -0.15) is 9.61 Å². The molecule has 2 aromatic rings.